The number of para-hydroxylation sites is 1. The molecule has 0 unspecified atom stereocenters. The lowest BCUT2D eigenvalue weighted by Crippen LogP contribution is -2.14. The van der Waals surface area contributed by atoms with E-state index in [1.165, 1.54) is 23.1 Å². The van der Waals surface area contributed by atoms with Gasteiger partial charge in [0.15, 0.2) is 27.6 Å². The summed E-state index contributed by atoms with van der Waals surface area (Å²) in [6.45, 7) is 0. The van der Waals surface area contributed by atoms with Gasteiger partial charge < -0.3 is 14.8 Å². The molecule has 3 aromatic carbocycles. The molecule has 1 amide bonds. The van der Waals surface area contributed by atoms with Gasteiger partial charge in [0.05, 0.1) is 20.0 Å². The Hall–Kier alpha value is -3.57. The number of anilines is 1. The maximum atomic E-state index is 12.8. The van der Waals surface area contributed by atoms with Crippen LogP contribution in [-0.2, 0) is 11.2 Å². The SMILES string of the molecule is COc1ccc(-c2nnc(SCC(=O)Nc3ncc(Cc4cc(Cl)ccc4Cl)s3)n2-c2ccccc2)cc1OC. The first-order valence-corrected chi connectivity index (χ1v) is 14.6. The number of hydrogen-bond donors (Lipinski definition) is 1. The molecule has 1 N–H and O–H groups in total. The Kier molecular flexibility index (Phi) is 8.91. The topological polar surface area (TPSA) is 91.2 Å². The molecular weight excluding hydrogens is 589 g/mol. The summed E-state index contributed by atoms with van der Waals surface area (Å²) in [6.07, 6.45) is 2.30. The third kappa shape index (κ3) is 6.42. The second-order valence-corrected chi connectivity index (χ2v) is 11.3. The largest absolute Gasteiger partial charge is 0.493 e. The van der Waals surface area contributed by atoms with Gasteiger partial charge in [0.2, 0.25) is 5.91 Å². The van der Waals surface area contributed by atoms with Crippen molar-refractivity contribution in [1.29, 1.82) is 0 Å². The van der Waals surface area contributed by atoms with Crippen LogP contribution in [0.4, 0.5) is 5.13 Å². The molecule has 8 nitrogen and oxygen atoms in total. The maximum absolute atomic E-state index is 12.8. The molecule has 0 aliphatic heterocycles. The fourth-order valence-electron chi connectivity index (χ4n) is 3.93. The number of ether oxygens (including phenoxy) is 2. The minimum atomic E-state index is -0.207. The van der Waals surface area contributed by atoms with E-state index < -0.39 is 0 Å². The lowest BCUT2D eigenvalue weighted by Gasteiger charge is -2.12. The number of nitrogens with one attached hydrogen (secondary N) is 1. The zero-order valence-corrected chi connectivity index (χ0v) is 24.6. The fraction of sp³-hybridized carbons (Fsp3) is 0.143. The minimum absolute atomic E-state index is 0.117. The molecule has 0 aliphatic carbocycles. The summed E-state index contributed by atoms with van der Waals surface area (Å²) in [5.41, 5.74) is 2.56. The molecule has 12 heteroatoms. The second kappa shape index (κ2) is 12.7. The number of hydrogen-bond acceptors (Lipinski definition) is 8. The molecule has 5 aromatic rings. The van der Waals surface area contributed by atoms with Gasteiger partial charge in [-0.15, -0.1) is 21.5 Å². The van der Waals surface area contributed by atoms with Crippen LogP contribution in [0.5, 0.6) is 11.5 Å². The van der Waals surface area contributed by atoms with Crippen molar-refractivity contribution in [2.75, 3.05) is 25.3 Å². The summed E-state index contributed by atoms with van der Waals surface area (Å²) in [7, 11) is 3.17. The Morgan fingerprint density at radius 1 is 1.00 bits per heavy atom. The summed E-state index contributed by atoms with van der Waals surface area (Å²) < 4.78 is 12.8. The molecule has 5 rings (SSSR count). The zero-order valence-electron chi connectivity index (χ0n) is 21.4. The molecule has 0 radical (unpaired) electrons. The number of nitrogens with zero attached hydrogens (tertiary/aromatic N) is 4. The van der Waals surface area contributed by atoms with Gasteiger partial charge in [-0.3, -0.25) is 9.36 Å². The number of aromatic nitrogens is 4. The Bertz CT molecular complexity index is 1640. The van der Waals surface area contributed by atoms with Gasteiger partial charge >= 0.3 is 0 Å². The first-order valence-electron chi connectivity index (χ1n) is 12.0. The van der Waals surface area contributed by atoms with Gasteiger partial charge in [-0.25, -0.2) is 4.98 Å². The number of amides is 1. The molecule has 0 saturated carbocycles. The predicted molar refractivity (Wildman–Crippen MR) is 161 cm³/mol. The van der Waals surface area contributed by atoms with Crippen molar-refractivity contribution < 1.29 is 14.3 Å². The standard InChI is InChI=1S/C28H23Cl2N5O3S2/c1-37-23-11-8-17(14-24(23)38-2)26-33-34-28(35(26)20-6-4-3-5-7-20)39-16-25(36)32-27-31-15-21(40-27)13-18-12-19(29)9-10-22(18)30/h3-12,14-15H,13,16H2,1-2H3,(H,31,32,36). The second-order valence-electron chi connectivity index (χ2n) is 8.43. The van der Waals surface area contributed by atoms with Crippen molar-refractivity contribution >= 4 is 57.3 Å². The summed E-state index contributed by atoms with van der Waals surface area (Å²) in [6, 6.07) is 20.6. The molecule has 0 spiro atoms. The smallest absolute Gasteiger partial charge is 0.236 e. The third-order valence-corrected chi connectivity index (χ3v) is 8.24. The number of thioether (sulfide) groups is 1. The fourth-order valence-corrected chi connectivity index (χ4v) is 5.92. The van der Waals surface area contributed by atoms with E-state index in [0.717, 1.165) is 21.7 Å². The molecule has 0 aliphatic rings. The van der Waals surface area contributed by atoms with E-state index in [9.17, 15) is 4.79 Å². The van der Waals surface area contributed by atoms with Gasteiger partial charge in [-0.05, 0) is 54.1 Å². The predicted octanol–water partition coefficient (Wildman–Crippen LogP) is 7.04. The van der Waals surface area contributed by atoms with Crippen molar-refractivity contribution in [1.82, 2.24) is 19.7 Å². The molecule has 2 aromatic heterocycles. The van der Waals surface area contributed by atoms with E-state index >= 15 is 0 Å². The van der Waals surface area contributed by atoms with Gasteiger partial charge in [0.25, 0.3) is 0 Å². The number of methoxy groups -OCH3 is 2. The van der Waals surface area contributed by atoms with Crippen LogP contribution in [0.2, 0.25) is 10.0 Å². The lowest BCUT2D eigenvalue weighted by atomic mass is 10.1. The summed E-state index contributed by atoms with van der Waals surface area (Å²) in [5, 5.41) is 14.0. The van der Waals surface area contributed by atoms with Crippen LogP contribution in [0.25, 0.3) is 17.1 Å². The van der Waals surface area contributed by atoms with Crippen molar-refractivity contribution in [3.8, 4) is 28.6 Å². The number of benzene rings is 3. The van der Waals surface area contributed by atoms with Gasteiger partial charge in [0.1, 0.15) is 0 Å². The average molecular weight is 613 g/mol. The number of thiazole rings is 1. The van der Waals surface area contributed by atoms with Crippen molar-refractivity contribution in [2.45, 2.75) is 11.6 Å². The number of carbonyl (C=O) groups is 1. The maximum Gasteiger partial charge on any atom is 0.236 e. The van der Waals surface area contributed by atoms with E-state index in [2.05, 4.69) is 20.5 Å². The van der Waals surface area contributed by atoms with E-state index in [1.807, 2.05) is 59.2 Å². The minimum Gasteiger partial charge on any atom is -0.493 e. The zero-order chi connectivity index (χ0) is 28.1. The van der Waals surface area contributed by atoms with Gasteiger partial charge in [0, 0.05) is 38.8 Å². The third-order valence-electron chi connectivity index (χ3n) is 5.79. The molecule has 0 saturated heterocycles. The normalized spacial score (nSPS) is 10.9. The highest BCUT2D eigenvalue weighted by molar-refractivity contribution is 7.99. The molecule has 0 bridgehead atoms. The molecular formula is C28H23Cl2N5O3S2. The number of halogens is 2. The van der Waals surface area contributed by atoms with E-state index in [4.69, 9.17) is 32.7 Å². The molecule has 2 heterocycles. The average Bonchev–Trinajstić information content (AvgIpc) is 3.60. The highest BCUT2D eigenvalue weighted by Crippen LogP contribution is 2.34. The van der Waals surface area contributed by atoms with Crippen LogP contribution >= 0.6 is 46.3 Å². The quantitative estimate of drug-likeness (QED) is 0.169. The summed E-state index contributed by atoms with van der Waals surface area (Å²) in [5.74, 6) is 1.72. The highest BCUT2D eigenvalue weighted by Gasteiger charge is 2.19. The van der Waals surface area contributed by atoms with Gasteiger partial charge in [-0.2, -0.15) is 0 Å². The Morgan fingerprint density at radius 3 is 2.58 bits per heavy atom. The number of rotatable bonds is 10. The van der Waals surface area contributed by atoms with Gasteiger partial charge in [-0.1, -0.05) is 53.2 Å². The van der Waals surface area contributed by atoms with Crippen molar-refractivity contribution in [3.05, 3.63) is 93.4 Å². The number of carbonyl (C=O) groups excluding carboxylic acids is 1. The molecule has 0 fully saturated rings. The Balaban J connectivity index is 1.31. The van der Waals surface area contributed by atoms with Crippen molar-refractivity contribution in [2.24, 2.45) is 0 Å². The van der Waals surface area contributed by atoms with Crippen LogP contribution in [0.3, 0.4) is 0 Å². The highest BCUT2D eigenvalue weighted by atomic mass is 35.5. The van der Waals surface area contributed by atoms with E-state index in [0.29, 0.717) is 44.1 Å². The Labute approximate surface area is 249 Å². The monoisotopic (exact) mass is 611 g/mol. The summed E-state index contributed by atoms with van der Waals surface area (Å²) >= 11 is 15.1. The molecule has 40 heavy (non-hydrogen) atoms. The Morgan fingerprint density at radius 2 is 1.80 bits per heavy atom. The molecule has 0 atom stereocenters. The first-order chi connectivity index (χ1) is 19.4. The lowest BCUT2D eigenvalue weighted by molar-refractivity contribution is -0.113. The molecule has 204 valence electrons. The van der Waals surface area contributed by atoms with Crippen LogP contribution in [0, 0.1) is 0 Å². The van der Waals surface area contributed by atoms with E-state index in [1.54, 1.807) is 32.5 Å². The first kappa shape index (κ1) is 28.0. The van der Waals surface area contributed by atoms with Crippen LogP contribution in [-0.4, -0.2) is 45.6 Å². The summed E-state index contributed by atoms with van der Waals surface area (Å²) in [4.78, 5) is 18.1. The van der Waals surface area contributed by atoms with E-state index in [-0.39, 0.29) is 11.7 Å². The van der Waals surface area contributed by atoms with Crippen LogP contribution < -0.4 is 14.8 Å². The van der Waals surface area contributed by atoms with Crippen LogP contribution in [0.15, 0.2) is 78.1 Å². The van der Waals surface area contributed by atoms with Crippen molar-refractivity contribution in [3.63, 3.8) is 0 Å². The van der Waals surface area contributed by atoms with Crippen LogP contribution in [0.1, 0.15) is 10.4 Å².